The molecule has 0 aromatic carbocycles. The van der Waals surface area contributed by atoms with Gasteiger partial charge in [0.25, 0.3) is 0 Å². The van der Waals surface area contributed by atoms with Gasteiger partial charge in [0.1, 0.15) is 0 Å². The maximum absolute atomic E-state index is 5.22. The van der Waals surface area contributed by atoms with Gasteiger partial charge < -0.3 is 5.73 Å². The van der Waals surface area contributed by atoms with Crippen molar-refractivity contribution in [3.8, 4) is 0 Å². The Bertz CT molecular complexity index is 86.4. The molecule has 0 aliphatic rings. The molecular formula is C5H10N2S. The number of hydrogen-bond acceptors (Lipinski definition) is 3. The van der Waals surface area contributed by atoms with E-state index in [9.17, 15) is 0 Å². The molecule has 0 saturated carbocycles. The molecule has 0 aromatic heterocycles. The van der Waals surface area contributed by atoms with Crippen LogP contribution in [0, 0.1) is 0 Å². The van der Waals surface area contributed by atoms with Crippen molar-refractivity contribution in [3.05, 3.63) is 0 Å². The zero-order valence-electron chi connectivity index (χ0n) is 4.76. The van der Waals surface area contributed by atoms with E-state index in [1.165, 1.54) is 0 Å². The summed E-state index contributed by atoms with van der Waals surface area (Å²) in [6, 6.07) is 0. The third-order valence-electron chi connectivity index (χ3n) is 0.789. The van der Waals surface area contributed by atoms with Crippen molar-refractivity contribution in [1.82, 2.24) is 0 Å². The van der Waals surface area contributed by atoms with Crippen LogP contribution in [0.15, 0.2) is 4.99 Å². The summed E-state index contributed by atoms with van der Waals surface area (Å²) in [5.74, 6) is 0. The van der Waals surface area contributed by atoms with Crippen molar-refractivity contribution in [2.24, 2.45) is 10.7 Å². The summed E-state index contributed by atoms with van der Waals surface area (Å²) in [4.78, 5) is 3.72. The van der Waals surface area contributed by atoms with E-state index < -0.39 is 0 Å². The number of nitrogens with two attached hydrogens (primary N) is 1. The molecule has 2 nitrogen and oxygen atoms in total. The summed E-state index contributed by atoms with van der Waals surface area (Å²) in [5, 5.41) is 2.29. The molecule has 0 aliphatic carbocycles. The molecule has 0 spiro atoms. The van der Waals surface area contributed by atoms with Gasteiger partial charge in [0.15, 0.2) is 0 Å². The van der Waals surface area contributed by atoms with Gasteiger partial charge in [0.2, 0.25) is 0 Å². The fraction of sp³-hybridized carbons (Fsp3) is 0.800. The number of nitrogens with zero attached hydrogens (tertiary/aromatic N) is 1. The average Bonchev–Trinajstić information content (AvgIpc) is 1.81. The molecule has 0 atom stereocenters. The molecule has 0 saturated heterocycles. The topological polar surface area (TPSA) is 38.4 Å². The second kappa shape index (κ2) is 6.76. The monoisotopic (exact) mass is 130 g/mol. The normalized spacial score (nSPS) is 8.12. The van der Waals surface area contributed by atoms with E-state index >= 15 is 0 Å². The molecule has 0 amide bonds. The minimum absolute atomic E-state index is 0.743. The molecule has 46 valence electrons. The number of hydrogen-bond donors (Lipinski definition) is 1. The number of unbranched alkanes of at least 4 members (excludes halogenated alkanes) is 1. The van der Waals surface area contributed by atoms with Gasteiger partial charge in [0, 0.05) is 6.54 Å². The Morgan fingerprint density at radius 2 is 2.25 bits per heavy atom. The van der Waals surface area contributed by atoms with E-state index in [2.05, 4.69) is 22.4 Å². The molecule has 0 radical (unpaired) electrons. The van der Waals surface area contributed by atoms with Gasteiger partial charge in [-0.3, -0.25) is 0 Å². The van der Waals surface area contributed by atoms with Crippen LogP contribution in [0.25, 0.3) is 0 Å². The first-order chi connectivity index (χ1) is 3.91. The van der Waals surface area contributed by atoms with Crippen molar-refractivity contribution in [2.45, 2.75) is 12.8 Å². The lowest BCUT2D eigenvalue weighted by molar-refractivity contribution is 0.758. The minimum atomic E-state index is 0.743. The lowest BCUT2D eigenvalue weighted by Gasteiger charge is -1.87. The van der Waals surface area contributed by atoms with Gasteiger partial charge in [-0.2, -0.15) is 0 Å². The lowest BCUT2D eigenvalue weighted by Crippen LogP contribution is -1.98. The summed E-state index contributed by atoms with van der Waals surface area (Å²) in [5.41, 5.74) is 5.22. The molecule has 2 N–H and O–H groups in total. The van der Waals surface area contributed by atoms with Crippen LogP contribution in [0.2, 0.25) is 0 Å². The zero-order chi connectivity index (χ0) is 6.24. The van der Waals surface area contributed by atoms with Crippen LogP contribution < -0.4 is 5.73 Å². The maximum Gasteiger partial charge on any atom is 0.0584 e. The third-order valence-corrected chi connectivity index (χ3v) is 0.918. The summed E-state index contributed by atoms with van der Waals surface area (Å²) in [6.07, 6.45) is 2.06. The Morgan fingerprint density at radius 3 is 2.75 bits per heavy atom. The van der Waals surface area contributed by atoms with Crippen LogP contribution in [0.1, 0.15) is 12.8 Å². The molecule has 0 bridgehead atoms. The van der Waals surface area contributed by atoms with Crippen LogP contribution >= 0.6 is 12.2 Å². The molecule has 0 aromatic rings. The summed E-state index contributed by atoms with van der Waals surface area (Å²) in [6.45, 7) is 1.52. The Kier molecular flexibility index (Phi) is 6.56. The summed E-state index contributed by atoms with van der Waals surface area (Å²) in [7, 11) is 0. The van der Waals surface area contributed by atoms with Crippen molar-refractivity contribution < 1.29 is 0 Å². The fourth-order valence-electron chi connectivity index (χ4n) is 0.381. The Morgan fingerprint density at radius 1 is 1.50 bits per heavy atom. The van der Waals surface area contributed by atoms with Gasteiger partial charge in [-0.05, 0) is 31.6 Å². The Balaban J connectivity index is 2.82. The number of isothiocyanates is 1. The van der Waals surface area contributed by atoms with Gasteiger partial charge in [0.05, 0.1) is 5.16 Å². The van der Waals surface area contributed by atoms with E-state index in [1.807, 2.05) is 0 Å². The van der Waals surface area contributed by atoms with E-state index in [0.717, 1.165) is 25.9 Å². The quantitative estimate of drug-likeness (QED) is 0.348. The number of rotatable bonds is 4. The van der Waals surface area contributed by atoms with Crippen molar-refractivity contribution >= 4 is 17.4 Å². The van der Waals surface area contributed by atoms with Crippen molar-refractivity contribution in [3.63, 3.8) is 0 Å². The fourth-order valence-corrected chi connectivity index (χ4v) is 0.472. The number of aliphatic imine (C=N–C) groups is 1. The predicted octanol–water partition coefficient (Wildman–Crippen LogP) is 0.828. The molecule has 0 aliphatic heterocycles. The van der Waals surface area contributed by atoms with E-state index in [0.29, 0.717) is 0 Å². The zero-order valence-corrected chi connectivity index (χ0v) is 5.58. The minimum Gasteiger partial charge on any atom is -0.330 e. The molecule has 0 fully saturated rings. The standard InChI is InChI=1S/C5H10N2S/c6-3-1-2-4-7-5-8/h1-4,6H2. The molecule has 3 heteroatoms. The van der Waals surface area contributed by atoms with Crippen LogP contribution in [-0.4, -0.2) is 18.3 Å². The van der Waals surface area contributed by atoms with Gasteiger partial charge in [-0.15, -0.1) is 0 Å². The van der Waals surface area contributed by atoms with Crippen molar-refractivity contribution in [1.29, 1.82) is 0 Å². The van der Waals surface area contributed by atoms with E-state index in [4.69, 9.17) is 5.73 Å². The van der Waals surface area contributed by atoms with Crippen LogP contribution in [0.3, 0.4) is 0 Å². The van der Waals surface area contributed by atoms with Gasteiger partial charge in [-0.25, -0.2) is 4.99 Å². The van der Waals surface area contributed by atoms with E-state index in [1.54, 1.807) is 0 Å². The molecule has 0 unspecified atom stereocenters. The first-order valence-corrected chi connectivity index (χ1v) is 3.06. The summed E-state index contributed by atoms with van der Waals surface area (Å²) >= 11 is 4.35. The number of thiocarbonyl (C=S) groups is 1. The van der Waals surface area contributed by atoms with Gasteiger partial charge >= 0.3 is 0 Å². The molecular weight excluding hydrogens is 120 g/mol. The molecule has 0 heterocycles. The van der Waals surface area contributed by atoms with Crippen molar-refractivity contribution in [2.75, 3.05) is 13.1 Å². The first kappa shape index (κ1) is 7.76. The highest BCUT2D eigenvalue weighted by molar-refractivity contribution is 7.78. The van der Waals surface area contributed by atoms with Crippen LogP contribution in [0.5, 0.6) is 0 Å². The van der Waals surface area contributed by atoms with Crippen LogP contribution in [-0.2, 0) is 0 Å². The second-order valence-corrected chi connectivity index (χ2v) is 1.65. The molecule has 8 heavy (non-hydrogen) atoms. The lowest BCUT2D eigenvalue weighted by atomic mass is 10.3. The highest BCUT2D eigenvalue weighted by Crippen LogP contribution is 1.83. The maximum atomic E-state index is 5.22. The highest BCUT2D eigenvalue weighted by Gasteiger charge is 1.79. The predicted molar refractivity (Wildman–Crippen MR) is 38.2 cm³/mol. The molecule has 0 rings (SSSR count). The largest absolute Gasteiger partial charge is 0.330 e. The van der Waals surface area contributed by atoms with E-state index in [-0.39, 0.29) is 0 Å². The Labute approximate surface area is 54.8 Å². The smallest absolute Gasteiger partial charge is 0.0584 e. The second-order valence-electron chi connectivity index (χ2n) is 1.47. The third kappa shape index (κ3) is 5.76. The SMILES string of the molecule is NCCCCN=C=S. The van der Waals surface area contributed by atoms with Crippen LogP contribution in [0.4, 0.5) is 0 Å². The highest BCUT2D eigenvalue weighted by atomic mass is 32.1. The average molecular weight is 130 g/mol. The summed E-state index contributed by atoms with van der Waals surface area (Å²) < 4.78 is 0. The first-order valence-electron chi connectivity index (χ1n) is 2.65. The Hall–Kier alpha value is -0.240. The van der Waals surface area contributed by atoms with Gasteiger partial charge in [-0.1, -0.05) is 0 Å².